The van der Waals surface area contributed by atoms with Crippen LogP contribution in [0.4, 0.5) is 8.78 Å². The fraction of sp³-hybridized carbons (Fsp3) is 0.900. The van der Waals surface area contributed by atoms with Gasteiger partial charge >= 0.3 is 11.9 Å². The van der Waals surface area contributed by atoms with Gasteiger partial charge < -0.3 is 9.29 Å². The second-order valence-electron chi connectivity index (χ2n) is 4.56. The van der Waals surface area contributed by atoms with Gasteiger partial charge in [0.05, 0.1) is 6.61 Å². The lowest BCUT2D eigenvalue weighted by atomic mass is 10.2. The number of carbonyl (C=O) groups excluding carboxylic acids is 1. The molecule has 0 aromatic rings. The van der Waals surface area contributed by atoms with Crippen LogP contribution in [0.3, 0.4) is 0 Å². The number of carbonyl (C=O) groups is 1. The van der Waals surface area contributed by atoms with Crippen molar-refractivity contribution in [2.24, 2.45) is 0 Å². The van der Waals surface area contributed by atoms with Crippen molar-refractivity contribution in [1.29, 1.82) is 0 Å². The highest BCUT2D eigenvalue weighted by Crippen LogP contribution is 2.23. The minimum absolute atomic E-state index is 0.122. The van der Waals surface area contributed by atoms with Gasteiger partial charge in [-0.25, -0.2) is 4.79 Å². The normalized spacial score (nSPS) is 16.5. The highest BCUT2D eigenvalue weighted by atomic mass is 32.2. The molecule has 1 unspecified atom stereocenters. The molecular weight excluding hydrogens is 252 g/mol. The van der Waals surface area contributed by atoms with Gasteiger partial charge in [0.15, 0.2) is 0 Å². The Balaban J connectivity index is 4.59. The van der Waals surface area contributed by atoms with Gasteiger partial charge in [-0.1, -0.05) is 0 Å². The van der Waals surface area contributed by atoms with E-state index in [1.807, 2.05) is 0 Å². The first kappa shape index (κ1) is 16.6. The highest BCUT2D eigenvalue weighted by Gasteiger charge is 2.49. The summed E-state index contributed by atoms with van der Waals surface area (Å²) in [5.74, 6) is -5.30. The lowest BCUT2D eigenvalue weighted by Gasteiger charge is -2.29. The van der Waals surface area contributed by atoms with Gasteiger partial charge in [0.25, 0.3) is 0 Å². The molecular formula is C10H19F2NO3S. The molecule has 0 radical (unpaired) electrons. The molecule has 1 N–H and O–H groups in total. The summed E-state index contributed by atoms with van der Waals surface area (Å²) in [5.41, 5.74) is 0. The van der Waals surface area contributed by atoms with Crippen LogP contribution in [0.2, 0.25) is 0 Å². The SMILES string of the molecule is CCOC(=O)C(F)(F)C(C)N[S@+]([O-])C(C)(C)C. The second-order valence-corrected chi connectivity index (χ2v) is 6.56. The van der Waals surface area contributed by atoms with Crippen LogP contribution in [0.25, 0.3) is 0 Å². The predicted octanol–water partition coefficient (Wildman–Crippen LogP) is 1.63. The molecule has 0 rings (SSSR count). The van der Waals surface area contributed by atoms with Gasteiger partial charge in [-0.2, -0.15) is 8.78 Å². The summed E-state index contributed by atoms with van der Waals surface area (Å²) in [6, 6.07) is -1.55. The number of rotatable bonds is 5. The lowest BCUT2D eigenvalue weighted by Crippen LogP contribution is -2.54. The van der Waals surface area contributed by atoms with E-state index in [-0.39, 0.29) is 6.61 Å². The monoisotopic (exact) mass is 271 g/mol. The zero-order valence-corrected chi connectivity index (χ0v) is 11.5. The molecule has 4 nitrogen and oxygen atoms in total. The van der Waals surface area contributed by atoms with Crippen molar-refractivity contribution >= 4 is 17.3 Å². The zero-order valence-electron chi connectivity index (χ0n) is 10.7. The van der Waals surface area contributed by atoms with Gasteiger partial charge in [-0.3, -0.25) is 0 Å². The highest BCUT2D eigenvalue weighted by molar-refractivity contribution is 7.90. The molecule has 0 aromatic carbocycles. The minimum atomic E-state index is -3.70. The van der Waals surface area contributed by atoms with Crippen LogP contribution in [-0.4, -0.2) is 33.8 Å². The Bertz CT molecular complexity index is 269. The number of alkyl halides is 2. The van der Waals surface area contributed by atoms with E-state index >= 15 is 0 Å². The Morgan fingerprint density at radius 3 is 2.29 bits per heavy atom. The van der Waals surface area contributed by atoms with Crippen LogP contribution < -0.4 is 4.72 Å². The molecule has 17 heavy (non-hydrogen) atoms. The van der Waals surface area contributed by atoms with Crippen LogP contribution in [0.1, 0.15) is 34.6 Å². The maximum atomic E-state index is 13.5. The number of esters is 1. The molecule has 0 aliphatic heterocycles. The summed E-state index contributed by atoms with van der Waals surface area (Å²) in [6.07, 6.45) is 0. The van der Waals surface area contributed by atoms with E-state index < -0.39 is 34.0 Å². The summed E-state index contributed by atoms with van der Waals surface area (Å²) >= 11 is -1.67. The number of ether oxygens (including phenoxy) is 1. The van der Waals surface area contributed by atoms with Crippen molar-refractivity contribution < 1.29 is 22.9 Å². The van der Waals surface area contributed by atoms with Gasteiger partial charge in [0, 0.05) is 11.4 Å². The molecule has 0 heterocycles. The van der Waals surface area contributed by atoms with Crippen molar-refractivity contribution in [1.82, 2.24) is 4.72 Å². The number of hydrogen-bond donors (Lipinski definition) is 1. The fourth-order valence-corrected chi connectivity index (χ4v) is 1.64. The smallest absolute Gasteiger partial charge is 0.378 e. The average molecular weight is 271 g/mol. The quantitative estimate of drug-likeness (QED) is 0.610. The molecule has 0 aliphatic carbocycles. The van der Waals surface area contributed by atoms with E-state index in [1.54, 1.807) is 20.8 Å². The minimum Gasteiger partial charge on any atom is -0.598 e. The van der Waals surface area contributed by atoms with Crippen molar-refractivity contribution in [3.05, 3.63) is 0 Å². The first-order chi connectivity index (χ1) is 7.53. The predicted molar refractivity (Wildman–Crippen MR) is 62.1 cm³/mol. The molecule has 0 fully saturated rings. The molecule has 0 spiro atoms. The van der Waals surface area contributed by atoms with E-state index in [1.165, 1.54) is 6.92 Å². The van der Waals surface area contributed by atoms with E-state index in [4.69, 9.17) is 0 Å². The van der Waals surface area contributed by atoms with Gasteiger partial charge in [0.2, 0.25) is 0 Å². The summed E-state index contributed by atoms with van der Waals surface area (Å²) in [4.78, 5) is 11.0. The van der Waals surface area contributed by atoms with Gasteiger partial charge in [-0.15, -0.1) is 4.72 Å². The molecule has 2 atom stereocenters. The van der Waals surface area contributed by atoms with E-state index in [0.29, 0.717) is 0 Å². The third-order valence-electron chi connectivity index (χ3n) is 1.93. The standard InChI is InChI=1S/C10H19F2NO3S/c1-6-16-8(14)10(11,12)7(2)13-17(15)9(3,4)5/h7,13H,6H2,1-5H3/t7?,17-/m1/s1. The molecule has 0 amide bonds. The Morgan fingerprint density at radius 2 is 1.94 bits per heavy atom. The Morgan fingerprint density at radius 1 is 1.47 bits per heavy atom. The van der Waals surface area contributed by atoms with Crippen molar-refractivity contribution in [3.63, 3.8) is 0 Å². The van der Waals surface area contributed by atoms with Gasteiger partial charge in [0.1, 0.15) is 10.8 Å². The largest absolute Gasteiger partial charge is 0.598 e. The zero-order chi connectivity index (χ0) is 13.9. The number of nitrogens with one attached hydrogen (secondary N) is 1. The maximum Gasteiger partial charge on any atom is 0.378 e. The molecule has 0 saturated heterocycles. The van der Waals surface area contributed by atoms with Crippen LogP contribution in [0, 0.1) is 0 Å². The average Bonchev–Trinajstić information content (AvgIpc) is 2.16. The molecule has 102 valence electrons. The summed E-state index contributed by atoms with van der Waals surface area (Å²) < 4.78 is 44.4. The van der Waals surface area contributed by atoms with E-state index in [0.717, 1.165) is 6.92 Å². The van der Waals surface area contributed by atoms with Crippen LogP contribution >= 0.6 is 0 Å². The molecule has 0 bridgehead atoms. The van der Waals surface area contributed by atoms with Crippen LogP contribution in [0.5, 0.6) is 0 Å². The number of halogens is 2. The molecule has 0 saturated carbocycles. The van der Waals surface area contributed by atoms with E-state index in [9.17, 15) is 18.1 Å². The van der Waals surface area contributed by atoms with Crippen molar-refractivity contribution in [3.8, 4) is 0 Å². The first-order valence-electron chi connectivity index (χ1n) is 5.26. The third-order valence-corrected chi connectivity index (χ3v) is 3.61. The Kier molecular flexibility index (Phi) is 5.83. The van der Waals surface area contributed by atoms with Crippen LogP contribution in [0.15, 0.2) is 0 Å². The van der Waals surface area contributed by atoms with Gasteiger partial charge in [-0.05, 0) is 34.6 Å². The summed E-state index contributed by atoms with van der Waals surface area (Å²) in [5, 5.41) is 0. The van der Waals surface area contributed by atoms with Crippen LogP contribution in [-0.2, 0) is 20.9 Å². The summed E-state index contributed by atoms with van der Waals surface area (Å²) in [6.45, 7) is 7.35. The first-order valence-corrected chi connectivity index (χ1v) is 6.41. The van der Waals surface area contributed by atoms with E-state index in [2.05, 4.69) is 9.46 Å². The molecule has 7 heteroatoms. The molecule has 0 aliphatic rings. The topological polar surface area (TPSA) is 61.4 Å². The lowest BCUT2D eigenvalue weighted by molar-refractivity contribution is -0.174. The summed E-state index contributed by atoms with van der Waals surface area (Å²) in [7, 11) is 0. The maximum absolute atomic E-state index is 13.5. The molecule has 0 aromatic heterocycles. The number of hydrogen-bond acceptors (Lipinski definition) is 4. The van der Waals surface area contributed by atoms with Crippen molar-refractivity contribution in [2.75, 3.05) is 6.61 Å². The fourth-order valence-electron chi connectivity index (χ4n) is 0.815. The Labute approximate surface area is 103 Å². The third kappa shape index (κ3) is 4.77. The Hall–Kier alpha value is -0.400. The second kappa shape index (κ2) is 5.97. The van der Waals surface area contributed by atoms with Crippen molar-refractivity contribution in [2.45, 2.75) is 51.3 Å².